The lowest BCUT2D eigenvalue weighted by Gasteiger charge is -1.98. The molecule has 0 spiro atoms. The van der Waals surface area contributed by atoms with Gasteiger partial charge in [-0.05, 0) is 30.4 Å². The minimum atomic E-state index is -0.606. The van der Waals surface area contributed by atoms with Crippen LogP contribution in [0, 0.1) is 0 Å². The second-order valence-electron chi connectivity index (χ2n) is 4.35. The molecule has 0 saturated heterocycles. The highest BCUT2D eigenvalue weighted by Crippen LogP contribution is 2.25. The van der Waals surface area contributed by atoms with Crippen LogP contribution in [0.2, 0.25) is 0 Å². The topological polar surface area (TPSA) is 65.7 Å². The van der Waals surface area contributed by atoms with Crippen LogP contribution in [-0.2, 0) is 12.8 Å². The Labute approximate surface area is 112 Å². The zero-order chi connectivity index (χ0) is 13.2. The predicted octanol–water partition coefficient (Wildman–Crippen LogP) is 2.06. The molecule has 0 aliphatic heterocycles. The molecular weight excluding hydrogens is 260 g/mol. The second-order valence-corrected chi connectivity index (χ2v) is 5.52. The van der Waals surface area contributed by atoms with Crippen molar-refractivity contribution in [3.63, 3.8) is 0 Å². The molecule has 0 saturated carbocycles. The van der Waals surface area contributed by atoms with Crippen molar-refractivity contribution >= 4 is 21.4 Å². The molecule has 3 aromatic rings. The number of fused-ring (bicyclic) bond motifs is 1. The van der Waals surface area contributed by atoms with Crippen LogP contribution in [0.3, 0.4) is 0 Å². The number of aryl methyl sites for hydroxylation is 2. The molecule has 0 amide bonds. The number of benzene rings is 1. The van der Waals surface area contributed by atoms with Crippen LogP contribution in [0.15, 0.2) is 46.1 Å². The zero-order valence-corrected chi connectivity index (χ0v) is 10.9. The second kappa shape index (κ2) is 4.85. The summed E-state index contributed by atoms with van der Waals surface area (Å²) in [7, 11) is 0. The summed E-state index contributed by atoms with van der Waals surface area (Å²) in [5, 5.41) is 1.25. The molecule has 19 heavy (non-hydrogen) atoms. The molecule has 0 bridgehead atoms. The van der Waals surface area contributed by atoms with E-state index in [1.54, 1.807) is 17.5 Å². The SMILES string of the molecule is O=c1[nH]cc(CCc2cc3ccccc3s2)[nH]c1=O. The van der Waals surface area contributed by atoms with E-state index in [1.807, 2.05) is 12.1 Å². The number of thiophene rings is 1. The summed E-state index contributed by atoms with van der Waals surface area (Å²) in [6.07, 6.45) is 3.12. The molecule has 0 unspecified atom stereocenters. The summed E-state index contributed by atoms with van der Waals surface area (Å²) < 4.78 is 1.27. The molecule has 0 fully saturated rings. The fraction of sp³-hybridized carbons (Fsp3) is 0.143. The van der Waals surface area contributed by atoms with Crippen molar-refractivity contribution < 1.29 is 0 Å². The van der Waals surface area contributed by atoms with Crippen LogP contribution >= 0.6 is 11.3 Å². The van der Waals surface area contributed by atoms with Crippen LogP contribution in [0.4, 0.5) is 0 Å². The van der Waals surface area contributed by atoms with Gasteiger partial charge in [0.2, 0.25) is 0 Å². The molecule has 0 atom stereocenters. The summed E-state index contributed by atoms with van der Waals surface area (Å²) in [4.78, 5) is 28.5. The van der Waals surface area contributed by atoms with Crippen molar-refractivity contribution in [2.24, 2.45) is 0 Å². The van der Waals surface area contributed by atoms with E-state index in [2.05, 4.69) is 28.2 Å². The number of H-pyrrole nitrogens is 2. The van der Waals surface area contributed by atoms with E-state index in [-0.39, 0.29) is 0 Å². The number of hydrogen-bond acceptors (Lipinski definition) is 3. The van der Waals surface area contributed by atoms with Crippen molar-refractivity contribution in [3.8, 4) is 0 Å². The van der Waals surface area contributed by atoms with Gasteiger partial charge in [-0.15, -0.1) is 11.3 Å². The minimum Gasteiger partial charge on any atom is -0.323 e. The summed E-state index contributed by atoms with van der Waals surface area (Å²) in [5.74, 6) is 0. The third-order valence-corrected chi connectivity index (χ3v) is 4.15. The summed E-state index contributed by atoms with van der Waals surface area (Å²) in [5.41, 5.74) is -0.443. The highest BCUT2D eigenvalue weighted by molar-refractivity contribution is 7.19. The lowest BCUT2D eigenvalue weighted by molar-refractivity contribution is 0.886. The maximum atomic E-state index is 11.2. The fourth-order valence-electron chi connectivity index (χ4n) is 2.01. The molecule has 0 radical (unpaired) electrons. The molecule has 2 aromatic heterocycles. The van der Waals surface area contributed by atoms with Crippen LogP contribution in [-0.4, -0.2) is 9.97 Å². The summed E-state index contributed by atoms with van der Waals surface area (Å²) in [6.45, 7) is 0. The average Bonchev–Trinajstić information content (AvgIpc) is 2.83. The molecular formula is C14H12N2O2S. The molecule has 3 rings (SSSR count). The Morgan fingerprint density at radius 3 is 2.68 bits per heavy atom. The molecule has 4 nitrogen and oxygen atoms in total. The van der Waals surface area contributed by atoms with Crippen molar-refractivity contribution in [2.45, 2.75) is 12.8 Å². The summed E-state index contributed by atoms with van der Waals surface area (Å²) in [6, 6.07) is 10.4. The predicted molar refractivity (Wildman–Crippen MR) is 76.9 cm³/mol. The van der Waals surface area contributed by atoms with Crippen molar-refractivity contribution in [2.75, 3.05) is 0 Å². The average molecular weight is 272 g/mol. The first-order chi connectivity index (χ1) is 9.22. The van der Waals surface area contributed by atoms with Gasteiger partial charge in [0.05, 0.1) is 0 Å². The normalized spacial score (nSPS) is 10.9. The lowest BCUT2D eigenvalue weighted by atomic mass is 10.2. The van der Waals surface area contributed by atoms with E-state index >= 15 is 0 Å². The molecule has 1 aromatic carbocycles. The number of aromatic nitrogens is 2. The third-order valence-electron chi connectivity index (χ3n) is 2.98. The van der Waals surface area contributed by atoms with E-state index < -0.39 is 11.1 Å². The Bertz CT molecular complexity index is 796. The molecule has 0 aliphatic carbocycles. The smallest absolute Gasteiger partial charge is 0.313 e. The molecule has 96 valence electrons. The van der Waals surface area contributed by atoms with E-state index in [9.17, 15) is 9.59 Å². The van der Waals surface area contributed by atoms with Gasteiger partial charge in [0.25, 0.3) is 0 Å². The maximum Gasteiger partial charge on any atom is 0.313 e. The first-order valence-electron chi connectivity index (χ1n) is 6.01. The van der Waals surface area contributed by atoms with Crippen LogP contribution in [0.5, 0.6) is 0 Å². The van der Waals surface area contributed by atoms with E-state index in [1.165, 1.54) is 15.0 Å². The van der Waals surface area contributed by atoms with E-state index in [0.29, 0.717) is 6.42 Å². The Morgan fingerprint density at radius 2 is 1.89 bits per heavy atom. The van der Waals surface area contributed by atoms with Gasteiger partial charge in [-0.25, -0.2) is 0 Å². The van der Waals surface area contributed by atoms with Crippen LogP contribution in [0.1, 0.15) is 10.6 Å². The van der Waals surface area contributed by atoms with Gasteiger partial charge in [0.1, 0.15) is 0 Å². The van der Waals surface area contributed by atoms with Gasteiger partial charge in [0.15, 0.2) is 0 Å². The molecule has 2 N–H and O–H groups in total. The summed E-state index contributed by atoms with van der Waals surface area (Å²) >= 11 is 1.76. The highest BCUT2D eigenvalue weighted by Gasteiger charge is 2.03. The van der Waals surface area contributed by atoms with Gasteiger partial charge >= 0.3 is 11.1 Å². The maximum absolute atomic E-state index is 11.2. The van der Waals surface area contributed by atoms with E-state index in [4.69, 9.17) is 0 Å². The third kappa shape index (κ3) is 2.51. The van der Waals surface area contributed by atoms with Gasteiger partial charge in [-0.1, -0.05) is 18.2 Å². The Hall–Kier alpha value is -2.14. The fourth-order valence-corrected chi connectivity index (χ4v) is 3.07. The monoisotopic (exact) mass is 272 g/mol. The number of hydrogen-bond donors (Lipinski definition) is 2. The van der Waals surface area contributed by atoms with Crippen molar-refractivity contribution in [3.05, 3.63) is 67.8 Å². The standard InChI is InChI=1S/C14H12N2O2S/c17-13-14(18)16-10(8-15-13)5-6-11-7-9-3-1-2-4-12(9)19-11/h1-4,7-8H,5-6H2,(H,15,17)(H,16,18). The molecule has 0 aliphatic rings. The van der Waals surface area contributed by atoms with Gasteiger partial charge in [0, 0.05) is 21.5 Å². The quantitative estimate of drug-likeness (QED) is 0.717. The van der Waals surface area contributed by atoms with Gasteiger partial charge < -0.3 is 9.97 Å². The van der Waals surface area contributed by atoms with E-state index in [0.717, 1.165) is 12.1 Å². The highest BCUT2D eigenvalue weighted by atomic mass is 32.1. The van der Waals surface area contributed by atoms with Crippen LogP contribution in [0.25, 0.3) is 10.1 Å². The first-order valence-corrected chi connectivity index (χ1v) is 6.82. The Balaban J connectivity index is 1.80. The first kappa shape index (κ1) is 11.9. The van der Waals surface area contributed by atoms with Crippen LogP contribution < -0.4 is 11.1 Å². The van der Waals surface area contributed by atoms with Crippen molar-refractivity contribution in [1.82, 2.24) is 9.97 Å². The van der Waals surface area contributed by atoms with Crippen molar-refractivity contribution in [1.29, 1.82) is 0 Å². The Kier molecular flexibility index (Phi) is 3.05. The van der Waals surface area contributed by atoms with Gasteiger partial charge in [-0.3, -0.25) is 9.59 Å². The number of rotatable bonds is 3. The molecule has 5 heteroatoms. The largest absolute Gasteiger partial charge is 0.323 e. The minimum absolute atomic E-state index is 0.589. The Morgan fingerprint density at radius 1 is 1.05 bits per heavy atom. The lowest BCUT2D eigenvalue weighted by Crippen LogP contribution is -2.29. The number of nitrogens with one attached hydrogen (secondary N) is 2. The number of aromatic amines is 2. The molecule has 2 heterocycles. The van der Waals surface area contributed by atoms with Gasteiger partial charge in [-0.2, -0.15) is 0 Å². The zero-order valence-electron chi connectivity index (χ0n) is 10.1.